The van der Waals surface area contributed by atoms with Crippen LogP contribution in [0.25, 0.3) is 6.08 Å². The SMILES string of the molecule is Cc1ccc(NC(=O)NCC2CCCN(C(=O)/C=C/c3ccc(S(=O)(=O)NC4CC4)cc3)C2)cc1. The summed E-state index contributed by atoms with van der Waals surface area (Å²) >= 11 is 0. The topological polar surface area (TPSA) is 108 Å². The van der Waals surface area contributed by atoms with Crippen LogP contribution in [0.3, 0.4) is 0 Å². The van der Waals surface area contributed by atoms with Gasteiger partial charge >= 0.3 is 6.03 Å². The maximum Gasteiger partial charge on any atom is 0.319 e. The van der Waals surface area contributed by atoms with Gasteiger partial charge in [-0.15, -0.1) is 0 Å². The van der Waals surface area contributed by atoms with Crippen molar-refractivity contribution in [1.29, 1.82) is 0 Å². The largest absolute Gasteiger partial charge is 0.339 e. The van der Waals surface area contributed by atoms with Gasteiger partial charge in [0.2, 0.25) is 15.9 Å². The molecule has 2 aromatic rings. The normalized spacial score (nSPS) is 18.4. The molecule has 1 saturated heterocycles. The van der Waals surface area contributed by atoms with Gasteiger partial charge in [-0.05, 0) is 74.4 Å². The number of nitrogens with zero attached hydrogens (tertiary/aromatic N) is 1. The third-order valence-corrected chi connectivity index (χ3v) is 7.74. The van der Waals surface area contributed by atoms with Crippen molar-refractivity contribution in [1.82, 2.24) is 14.9 Å². The molecule has 4 rings (SSSR count). The number of benzene rings is 2. The Hall–Kier alpha value is -3.17. The Balaban J connectivity index is 1.24. The second-order valence-corrected chi connectivity index (χ2v) is 11.0. The molecular formula is C26H32N4O4S. The van der Waals surface area contributed by atoms with Crippen molar-refractivity contribution < 1.29 is 18.0 Å². The number of amides is 3. The molecule has 3 N–H and O–H groups in total. The molecule has 1 atom stereocenters. The minimum Gasteiger partial charge on any atom is -0.339 e. The van der Waals surface area contributed by atoms with E-state index in [1.807, 2.05) is 31.2 Å². The Labute approximate surface area is 206 Å². The molecule has 0 bridgehead atoms. The first-order valence-electron chi connectivity index (χ1n) is 12.0. The zero-order chi connectivity index (χ0) is 24.8. The highest BCUT2D eigenvalue weighted by molar-refractivity contribution is 7.89. The molecule has 0 radical (unpaired) electrons. The molecule has 2 aliphatic rings. The first kappa shape index (κ1) is 24.9. The number of anilines is 1. The monoisotopic (exact) mass is 496 g/mol. The Morgan fingerprint density at radius 3 is 2.43 bits per heavy atom. The molecule has 1 aliphatic carbocycles. The predicted molar refractivity (Wildman–Crippen MR) is 136 cm³/mol. The van der Waals surface area contributed by atoms with Gasteiger partial charge in [0.15, 0.2) is 0 Å². The van der Waals surface area contributed by atoms with Gasteiger partial charge in [-0.2, -0.15) is 0 Å². The van der Waals surface area contributed by atoms with Gasteiger partial charge in [0.1, 0.15) is 0 Å². The van der Waals surface area contributed by atoms with E-state index in [1.165, 1.54) is 6.08 Å². The summed E-state index contributed by atoms with van der Waals surface area (Å²) in [5.41, 5.74) is 2.62. The summed E-state index contributed by atoms with van der Waals surface area (Å²) in [4.78, 5) is 26.9. The van der Waals surface area contributed by atoms with Crippen molar-refractivity contribution in [3.8, 4) is 0 Å². The van der Waals surface area contributed by atoms with Gasteiger partial charge in [0.05, 0.1) is 4.90 Å². The van der Waals surface area contributed by atoms with E-state index >= 15 is 0 Å². The number of hydrogen-bond acceptors (Lipinski definition) is 4. The lowest BCUT2D eigenvalue weighted by atomic mass is 9.98. The second-order valence-electron chi connectivity index (χ2n) is 9.29. The zero-order valence-electron chi connectivity index (χ0n) is 19.9. The highest BCUT2D eigenvalue weighted by Crippen LogP contribution is 2.22. The van der Waals surface area contributed by atoms with Crippen LogP contribution in [0.15, 0.2) is 59.5 Å². The maximum atomic E-state index is 12.7. The first-order valence-corrected chi connectivity index (χ1v) is 13.5. The van der Waals surface area contributed by atoms with Crippen molar-refractivity contribution in [2.75, 3.05) is 25.0 Å². The number of hydrogen-bond donors (Lipinski definition) is 3. The molecule has 1 unspecified atom stereocenters. The summed E-state index contributed by atoms with van der Waals surface area (Å²) in [7, 11) is -3.48. The quantitative estimate of drug-likeness (QED) is 0.486. The predicted octanol–water partition coefficient (Wildman–Crippen LogP) is 3.51. The molecular weight excluding hydrogens is 464 g/mol. The molecule has 3 amide bonds. The highest BCUT2D eigenvalue weighted by atomic mass is 32.2. The molecule has 8 nitrogen and oxygen atoms in total. The fourth-order valence-corrected chi connectivity index (χ4v) is 5.31. The summed E-state index contributed by atoms with van der Waals surface area (Å²) in [6.45, 7) is 3.75. The third-order valence-electron chi connectivity index (χ3n) is 6.20. The molecule has 1 saturated carbocycles. The Morgan fingerprint density at radius 1 is 1.03 bits per heavy atom. The molecule has 186 valence electrons. The smallest absolute Gasteiger partial charge is 0.319 e. The van der Waals surface area contributed by atoms with Crippen LogP contribution in [-0.4, -0.2) is 50.9 Å². The molecule has 2 aromatic carbocycles. The van der Waals surface area contributed by atoms with Gasteiger partial charge in [-0.3, -0.25) is 4.79 Å². The van der Waals surface area contributed by atoms with Crippen LogP contribution in [0, 0.1) is 12.8 Å². The van der Waals surface area contributed by atoms with E-state index in [2.05, 4.69) is 15.4 Å². The minimum atomic E-state index is -3.48. The van der Waals surface area contributed by atoms with E-state index in [-0.39, 0.29) is 28.8 Å². The summed E-state index contributed by atoms with van der Waals surface area (Å²) in [5.74, 6) is 0.0965. The van der Waals surface area contributed by atoms with Gasteiger partial charge in [0, 0.05) is 37.4 Å². The lowest BCUT2D eigenvalue weighted by molar-refractivity contribution is -0.127. The van der Waals surface area contributed by atoms with Crippen LogP contribution in [0.1, 0.15) is 36.8 Å². The summed E-state index contributed by atoms with van der Waals surface area (Å²) in [6, 6.07) is 13.9. The highest BCUT2D eigenvalue weighted by Gasteiger charge is 2.28. The number of nitrogens with one attached hydrogen (secondary N) is 3. The van der Waals surface area contributed by atoms with Gasteiger partial charge in [0.25, 0.3) is 0 Å². The fraction of sp³-hybridized carbons (Fsp3) is 0.385. The van der Waals surface area contributed by atoms with Crippen molar-refractivity contribution in [3.63, 3.8) is 0 Å². The summed E-state index contributed by atoms with van der Waals surface area (Å²) in [6.07, 6.45) is 6.82. The van der Waals surface area contributed by atoms with Gasteiger partial charge < -0.3 is 15.5 Å². The Morgan fingerprint density at radius 2 is 1.74 bits per heavy atom. The van der Waals surface area contributed by atoms with E-state index in [4.69, 9.17) is 0 Å². The summed E-state index contributed by atoms with van der Waals surface area (Å²) in [5, 5.41) is 5.73. The second kappa shape index (κ2) is 11.0. The molecule has 2 fully saturated rings. The summed E-state index contributed by atoms with van der Waals surface area (Å²) < 4.78 is 27.2. The van der Waals surface area contributed by atoms with Crippen LogP contribution >= 0.6 is 0 Å². The fourth-order valence-electron chi connectivity index (χ4n) is 4.00. The number of carbonyl (C=O) groups is 2. The lowest BCUT2D eigenvalue weighted by Gasteiger charge is -2.32. The molecule has 35 heavy (non-hydrogen) atoms. The Kier molecular flexibility index (Phi) is 7.87. The number of carbonyl (C=O) groups excluding carboxylic acids is 2. The number of rotatable bonds is 8. The average molecular weight is 497 g/mol. The molecule has 0 spiro atoms. The van der Waals surface area contributed by atoms with Crippen LogP contribution in [0.2, 0.25) is 0 Å². The number of urea groups is 1. The van der Waals surface area contributed by atoms with Crippen LogP contribution in [-0.2, 0) is 14.8 Å². The molecule has 9 heteroatoms. The third kappa shape index (κ3) is 7.40. The van der Waals surface area contributed by atoms with Crippen molar-refractivity contribution in [2.45, 2.75) is 43.5 Å². The van der Waals surface area contributed by atoms with E-state index in [9.17, 15) is 18.0 Å². The molecule has 1 heterocycles. The van der Waals surface area contributed by atoms with Crippen LogP contribution in [0.4, 0.5) is 10.5 Å². The maximum absolute atomic E-state index is 12.7. The van der Waals surface area contributed by atoms with Gasteiger partial charge in [-0.1, -0.05) is 29.8 Å². The zero-order valence-corrected chi connectivity index (χ0v) is 20.7. The van der Waals surface area contributed by atoms with Gasteiger partial charge in [-0.25, -0.2) is 17.9 Å². The number of sulfonamides is 1. The molecule has 1 aliphatic heterocycles. The van der Waals surface area contributed by atoms with Crippen LogP contribution < -0.4 is 15.4 Å². The van der Waals surface area contributed by atoms with Crippen molar-refractivity contribution in [3.05, 3.63) is 65.7 Å². The number of piperidine rings is 1. The number of aryl methyl sites for hydroxylation is 1. The first-order chi connectivity index (χ1) is 16.8. The lowest BCUT2D eigenvalue weighted by Crippen LogP contribution is -2.43. The van der Waals surface area contributed by atoms with E-state index < -0.39 is 10.0 Å². The van der Waals surface area contributed by atoms with E-state index in [1.54, 1.807) is 35.2 Å². The van der Waals surface area contributed by atoms with E-state index in [0.29, 0.717) is 19.6 Å². The number of likely N-dealkylation sites (tertiary alicyclic amines) is 1. The Bertz CT molecular complexity index is 1170. The van der Waals surface area contributed by atoms with E-state index in [0.717, 1.165) is 42.5 Å². The standard InChI is InChI=1S/C26H32N4O4S/c1-19-4-9-22(10-5-19)28-26(32)27-17-21-3-2-16-30(18-21)25(31)15-8-20-6-13-24(14-7-20)35(33,34)29-23-11-12-23/h4-10,13-15,21,23,29H,2-3,11-12,16-18H2,1H3,(H2,27,28,32)/b15-8+. The molecule has 0 aromatic heterocycles. The minimum absolute atomic E-state index is 0.0586. The average Bonchev–Trinajstić information content (AvgIpc) is 3.66. The van der Waals surface area contributed by atoms with Crippen molar-refractivity contribution in [2.24, 2.45) is 5.92 Å². The van der Waals surface area contributed by atoms with Crippen molar-refractivity contribution >= 4 is 33.7 Å². The van der Waals surface area contributed by atoms with Crippen LogP contribution in [0.5, 0.6) is 0 Å².